The molecule has 2 aliphatic heterocycles. The van der Waals surface area contributed by atoms with E-state index < -0.39 is 83.6 Å². The van der Waals surface area contributed by atoms with Gasteiger partial charge in [0.05, 0.1) is 26.1 Å². The maximum atomic E-state index is 13.4. The van der Waals surface area contributed by atoms with Crippen molar-refractivity contribution < 1.29 is 47.8 Å². The highest BCUT2D eigenvalue weighted by molar-refractivity contribution is 8.76. The summed E-state index contributed by atoms with van der Waals surface area (Å²) in [4.78, 5) is 106. The lowest BCUT2D eigenvalue weighted by molar-refractivity contribution is -0.146. The molecule has 18 heteroatoms. The number of ether oxygens (including phenoxy) is 2. The molecule has 6 atom stereocenters. The summed E-state index contributed by atoms with van der Waals surface area (Å²) in [6.45, 7) is 3.70. The van der Waals surface area contributed by atoms with Gasteiger partial charge in [-0.05, 0) is 90.9 Å². The van der Waals surface area contributed by atoms with Crippen molar-refractivity contribution in [1.82, 2.24) is 31.1 Å². The molecule has 2 saturated heterocycles. The van der Waals surface area contributed by atoms with Crippen molar-refractivity contribution in [2.75, 3.05) is 38.8 Å². The number of methoxy groups -OCH3 is 2. The number of hydrogen-bond acceptors (Lipinski definition) is 12. The van der Waals surface area contributed by atoms with Crippen LogP contribution in [0.3, 0.4) is 0 Å². The number of amides is 6. The fourth-order valence-corrected chi connectivity index (χ4v) is 8.53. The fraction of sp³-hybridized carbons (Fsp3) is 0.500. The largest absolute Gasteiger partial charge is 0.467 e. The minimum absolute atomic E-state index is 0.0247. The molecule has 0 aromatic heterocycles. The lowest BCUT2D eigenvalue weighted by atomic mass is 10.1. The van der Waals surface area contributed by atoms with E-state index in [4.69, 9.17) is 9.47 Å². The predicted molar refractivity (Wildman–Crippen MR) is 198 cm³/mol. The Bertz CT molecular complexity index is 1290. The number of nitrogens with one attached hydrogen (secondary N) is 4. The normalized spacial score (nSPS) is 22.5. The first-order valence-electron chi connectivity index (χ1n) is 17.5. The number of rotatable bonds is 17. The first kappa shape index (κ1) is 43.2. The fourth-order valence-electron chi connectivity index (χ4n) is 6.23. The molecule has 4 aliphatic rings. The topological polar surface area (TPSA) is 210 Å². The summed E-state index contributed by atoms with van der Waals surface area (Å²) in [5, 5.41) is 10.7. The quantitative estimate of drug-likeness (QED) is 0.0835. The third kappa shape index (κ3) is 11.5. The summed E-state index contributed by atoms with van der Waals surface area (Å²) >= 11 is 0. The highest BCUT2D eigenvalue weighted by atomic mass is 33.1. The van der Waals surface area contributed by atoms with Gasteiger partial charge < -0.3 is 40.5 Å². The van der Waals surface area contributed by atoms with Crippen LogP contribution in [0, 0.1) is 63.2 Å². The first-order chi connectivity index (χ1) is 25.9. The molecule has 2 aliphatic carbocycles. The second-order valence-electron chi connectivity index (χ2n) is 12.9. The second-order valence-corrected chi connectivity index (χ2v) is 15.4. The summed E-state index contributed by atoms with van der Waals surface area (Å²) in [6, 6.07) is -5.70. The Morgan fingerprint density at radius 2 is 0.981 bits per heavy atom. The van der Waals surface area contributed by atoms with Gasteiger partial charge in [0, 0.05) is 24.6 Å². The Labute approximate surface area is 324 Å². The van der Waals surface area contributed by atoms with Gasteiger partial charge in [-0.3, -0.25) is 28.8 Å². The minimum Gasteiger partial charge on any atom is -0.467 e. The number of carbonyl (C=O) groups is 8. The minimum atomic E-state index is -1.10. The number of likely N-dealkylation sites (tertiary alicyclic amines) is 2. The van der Waals surface area contributed by atoms with Crippen LogP contribution in [0.15, 0.2) is 0 Å². The van der Waals surface area contributed by atoms with Crippen LogP contribution < -0.4 is 21.3 Å². The summed E-state index contributed by atoms with van der Waals surface area (Å²) in [5.41, 5.74) is 0. The molecule has 16 nitrogen and oxygen atoms in total. The zero-order valence-corrected chi connectivity index (χ0v) is 32.2. The van der Waals surface area contributed by atoms with Gasteiger partial charge in [-0.1, -0.05) is 21.6 Å². The van der Waals surface area contributed by atoms with Gasteiger partial charge in [0.1, 0.15) is 36.3 Å². The molecule has 2 saturated carbocycles. The van der Waals surface area contributed by atoms with E-state index in [1.807, 2.05) is 0 Å². The summed E-state index contributed by atoms with van der Waals surface area (Å²) < 4.78 is 9.81. The lowest BCUT2D eigenvalue weighted by Gasteiger charge is -2.29. The summed E-state index contributed by atoms with van der Waals surface area (Å²) in [7, 11) is 4.65. The molecule has 0 aromatic rings. The number of carbonyl (C=O) groups excluding carboxylic acids is 8. The third-order valence-electron chi connectivity index (χ3n) is 9.12. The van der Waals surface area contributed by atoms with Gasteiger partial charge in [0.15, 0.2) is 0 Å². The first-order valence-corrected chi connectivity index (χ1v) is 20.0. The Balaban J connectivity index is 1.27. The van der Waals surface area contributed by atoms with Gasteiger partial charge >= 0.3 is 11.9 Å². The molecule has 4 N–H and O–H groups in total. The van der Waals surface area contributed by atoms with Crippen molar-refractivity contribution >= 4 is 69.0 Å². The molecule has 0 aromatic carbocycles. The molecule has 0 unspecified atom stereocenters. The molecule has 4 rings (SSSR count). The van der Waals surface area contributed by atoms with Gasteiger partial charge in [0.25, 0.3) is 0 Å². The Kier molecular flexibility index (Phi) is 16.8. The van der Waals surface area contributed by atoms with Crippen LogP contribution in [-0.2, 0) is 47.8 Å². The number of esters is 2. The number of nitrogens with zero attached hydrogens (tertiary/aromatic N) is 2. The molecule has 0 spiro atoms. The Morgan fingerprint density at radius 3 is 1.31 bits per heavy atom. The van der Waals surface area contributed by atoms with Gasteiger partial charge in [-0.2, -0.15) is 0 Å². The van der Waals surface area contributed by atoms with Crippen molar-refractivity contribution in [2.45, 2.75) is 75.8 Å². The molecule has 0 bridgehead atoms. The highest BCUT2D eigenvalue weighted by Crippen LogP contribution is 2.27. The lowest BCUT2D eigenvalue weighted by Crippen LogP contribution is -2.55. The van der Waals surface area contributed by atoms with E-state index >= 15 is 0 Å². The van der Waals surface area contributed by atoms with Crippen LogP contribution >= 0.6 is 21.6 Å². The Hall–Kier alpha value is -3.54. The Morgan fingerprint density at radius 1 is 0.630 bits per heavy atom. The molecule has 54 heavy (non-hydrogen) atoms. The number of hydrogen-bond donors (Lipinski definition) is 4. The molecule has 6 amide bonds. The van der Waals surface area contributed by atoms with Crippen molar-refractivity contribution in [2.24, 2.45) is 0 Å². The van der Waals surface area contributed by atoms with Gasteiger partial charge in [-0.25, -0.2) is 9.59 Å². The molecular formula is C36H46N6O10S2. The second kappa shape index (κ2) is 20.9. The summed E-state index contributed by atoms with van der Waals surface area (Å²) in [6.07, 6.45) is 15.2. The highest BCUT2D eigenvalue weighted by Gasteiger charge is 2.40. The van der Waals surface area contributed by atoms with Crippen molar-refractivity contribution in [3.63, 3.8) is 0 Å². The monoisotopic (exact) mass is 786 g/mol. The summed E-state index contributed by atoms with van der Waals surface area (Å²) in [5.74, 6) is -3.33. The molecule has 10 radical (unpaired) electrons. The van der Waals surface area contributed by atoms with Gasteiger partial charge in [0.2, 0.25) is 35.4 Å². The van der Waals surface area contributed by atoms with Crippen molar-refractivity contribution in [1.29, 1.82) is 0 Å². The predicted octanol–water partition coefficient (Wildman–Crippen LogP) is -0.515. The average molecular weight is 787 g/mol. The van der Waals surface area contributed by atoms with Crippen molar-refractivity contribution in [3.05, 3.63) is 63.2 Å². The van der Waals surface area contributed by atoms with Crippen LogP contribution in [0.4, 0.5) is 0 Å². The third-order valence-corrected chi connectivity index (χ3v) is 11.5. The van der Waals surface area contributed by atoms with E-state index in [-0.39, 0.29) is 11.5 Å². The van der Waals surface area contributed by atoms with Gasteiger partial charge in [-0.15, -0.1) is 0 Å². The molecule has 4 fully saturated rings. The van der Waals surface area contributed by atoms with E-state index in [1.54, 1.807) is 65.2 Å². The smallest absolute Gasteiger partial charge is 0.329 e. The molecule has 2 heterocycles. The standard InChI is InChI=1S/C36H46N6O10S2/c1-21(37-29(43)23-11-5-6-12-23)33(47)41-17-9-15-27(41)31(45)39-25(35(49)51-3)19-53-54-20-26(36(50)52-4)40-32(46)28-16-10-18-42(28)34(48)22(2)38-30(44)24-13-7-8-14-24/h5-8,11-14,21-22,25-28H,9-10,15-20H2,1-4H3,(H,37,43)(H,38,44)(H,39,45)(H,40,46)/t21-,22-,25-,26-,27-,28-/m0/s1. The zero-order chi connectivity index (χ0) is 39.4. The maximum absolute atomic E-state index is 13.4. The van der Waals surface area contributed by atoms with Crippen LogP contribution in [0.25, 0.3) is 0 Å². The average Bonchev–Trinajstić information content (AvgIpc) is 4.01. The van der Waals surface area contributed by atoms with E-state index in [1.165, 1.54) is 24.0 Å². The maximum Gasteiger partial charge on any atom is 0.329 e. The van der Waals surface area contributed by atoms with Crippen LogP contribution in [-0.4, -0.2) is 132 Å². The van der Waals surface area contributed by atoms with Crippen LogP contribution in [0.1, 0.15) is 39.5 Å². The van der Waals surface area contributed by atoms with E-state index in [0.29, 0.717) is 50.6 Å². The van der Waals surface area contributed by atoms with E-state index in [9.17, 15) is 38.4 Å². The SMILES string of the molecule is COC(=O)[C@H](CSSC[C@H](NC(=O)[C@@H]1CCCN1C(=O)[C@H](C)NC(=O)[C]1[CH][CH][CH][CH]1)C(=O)OC)NC(=O)[C@@H]1CCCN1C(=O)[C@H](C)NC(=O)[C]1[CH][CH][CH][CH]1. The molecule has 292 valence electrons. The van der Waals surface area contributed by atoms with Crippen molar-refractivity contribution in [3.8, 4) is 0 Å². The van der Waals surface area contributed by atoms with Crippen LogP contribution in [0.2, 0.25) is 0 Å². The zero-order valence-electron chi connectivity index (χ0n) is 30.5. The molecular weight excluding hydrogens is 741 g/mol. The van der Waals surface area contributed by atoms with E-state index in [2.05, 4.69) is 21.3 Å². The van der Waals surface area contributed by atoms with E-state index in [0.717, 1.165) is 21.6 Å². The van der Waals surface area contributed by atoms with Crippen LogP contribution in [0.5, 0.6) is 0 Å².